The number of hydrogen-bond acceptors (Lipinski definition) is 3. The maximum absolute atomic E-state index is 13.1. The molecule has 0 saturated carbocycles. The summed E-state index contributed by atoms with van der Waals surface area (Å²) in [7, 11) is 0. The molecule has 25 heavy (non-hydrogen) atoms. The van der Waals surface area contributed by atoms with Crippen LogP contribution in [-0.2, 0) is 4.79 Å². The van der Waals surface area contributed by atoms with E-state index in [4.69, 9.17) is 0 Å². The molecule has 1 atom stereocenters. The number of aliphatic imine (C=N–C) groups is 1. The van der Waals surface area contributed by atoms with E-state index in [1.807, 2.05) is 17.3 Å². The van der Waals surface area contributed by atoms with E-state index < -0.39 is 0 Å². The maximum atomic E-state index is 13.1. The second-order valence-corrected chi connectivity index (χ2v) is 8.41. The van der Waals surface area contributed by atoms with Crippen molar-refractivity contribution in [2.45, 2.75) is 61.3 Å². The van der Waals surface area contributed by atoms with Gasteiger partial charge in [-0.3, -0.25) is 9.79 Å². The normalized spacial score (nSPS) is 21.1. The molecule has 0 aromatic carbocycles. The molecule has 0 aliphatic carbocycles. The molecule has 2 aliphatic heterocycles. The molecular weight excluding hydrogens is 310 g/mol. The topological polar surface area (TPSA) is 44.7 Å². The molecule has 2 rings (SSSR count). The fourth-order valence-corrected chi connectivity index (χ4v) is 3.50. The summed E-state index contributed by atoms with van der Waals surface area (Å²) < 4.78 is 0. The first-order valence-corrected chi connectivity index (χ1v) is 9.31. The van der Waals surface area contributed by atoms with Crippen LogP contribution in [0.15, 0.2) is 39.8 Å². The van der Waals surface area contributed by atoms with E-state index in [2.05, 4.69) is 58.8 Å². The molecule has 1 N–H and O–H groups in total. The van der Waals surface area contributed by atoms with Crippen LogP contribution < -0.4 is 5.32 Å². The van der Waals surface area contributed by atoms with Crippen molar-refractivity contribution in [1.82, 2.24) is 10.2 Å². The molecule has 1 unspecified atom stereocenters. The van der Waals surface area contributed by atoms with Gasteiger partial charge in [-0.1, -0.05) is 33.3 Å². The lowest BCUT2D eigenvalue weighted by Crippen LogP contribution is -2.41. The van der Waals surface area contributed by atoms with E-state index in [1.54, 1.807) is 0 Å². The molecule has 2 aliphatic rings. The van der Waals surface area contributed by atoms with Gasteiger partial charge in [0.25, 0.3) is 5.91 Å². The van der Waals surface area contributed by atoms with E-state index >= 15 is 0 Å². The number of nitrogens with one attached hydrogen (secondary N) is 1. The van der Waals surface area contributed by atoms with Gasteiger partial charge in [0, 0.05) is 54.0 Å². The van der Waals surface area contributed by atoms with Crippen LogP contribution in [0, 0.1) is 11.3 Å². The second-order valence-electron chi connectivity index (χ2n) is 8.41. The lowest BCUT2D eigenvalue weighted by molar-refractivity contribution is -0.127. The lowest BCUT2D eigenvalue weighted by Gasteiger charge is -2.32. The van der Waals surface area contributed by atoms with Gasteiger partial charge in [0.05, 0.1) is 0 Å². The number of rotatable bonds is 4. The van der Waals surface area contributed by atoms with E-state index in [9.17, 15) is 4.79 Å². The first-order chi connectivity index (χ1) is 11.6. The van der Waals surface area contributed by atoms with Gasteiger partial charge in [-0.25, -0.2) is 0 Å². The minimum absolute atomic E-state index is 0.00163. The highest BCUT2D eigenvalue weighted by Crippen LogP contribution is 2.34. The summed E-state index contributed by atoms with van der Waals surface area (Å²) in [5, 5.41) is 3.39. The summed E-state index contributed by atoms with van der Waals surface area (Å²) in [4.78, 5) is 19.7. The van der Waals surface area contributed by atoms with Crippen LogP contribution in [0.25, 0.3) is 0 Å². The molecule has 0 aromatic rings. The summed E-state index contributed by atoms with van der Waals surface area (Å²) in [6.07, 6.45) is 5.64. The van der Waals surface area contributed by atoms with Gasteiger partial charge in [0.1, 0.15) is 0 Å². The van der Waals surface area contributed by atoms with Gasteiger partial charge in [-0.15, -0.1) is 0 Å². The Hall–Kier alpha value is -1.84. The fourth-order valence-electron chi connectivity index (χ4n) is 3.50. The van der Waals surface area contributed by atoms with Crippen LogP contribution in [0.5, 0.6) is 0 Å². The van der Waals surface area contributed by atoms with E-state index in [1.165, 1.54) is 16.8 Å². The number of amides is 1. The SMILES string of the molecule is CCC1C(C(=O)N2CCC(NC=C(C)C)=C(C)C2)=CN=C1C(C)(C)C. The summed E-state index contributed by atoms with van der Waals surface area (Å²) in [5.41, 5.74) is 5.71. The molecule has 0 aromatic heterocycles. The predicted molar refractivity (Wildman–Crippen MR) is 105 cm³/mol. The number of carbonyl (C=O) groups is 1. The summed E-state index contributed by atoms with van der Waals surface area (Å²) >= 11 is 0. The highest BCUT2D eigenvalue weighted by atomic mass is 16.2. The van der Waals surface area contributed by atoms with Crippen LogP contribution in [0.1, 0.15) is 61.3 Å². The molecule has 0 spiro atoms. The van der Waals surface area contributed by atoms with Crippen molar-refractivity contribution >= 4 is 11.6 Å². The Morgan fingerprint density at radius 2 is 2.08 bits per heavy atom. The summed E-state index contributed by atoms with van der Waals surface area (Å²) in [6.45, 7) is 16.4. The van der Waals surface area contributed by atoms with Gasteiger partial charge in [0.15, 0.2) is 0 Å². The molecule has 2 heterocycles. The average molecular weight is 344 g/mol. The third-order valence-corrected chi connectivity index (χ3v) is 4.87. The van der Waals surface area contributed by atoms with Crippen molar-refractivity contribution in [2.75, 3.05) is 13.1 Å². The Labute approximate surface area is 152 Å². The Bertz CT molecular complexity index is 655. The first-order valence-electron chi connectivity index (χ1n) is 9.31. The van der Waals surface area contributed by atoms with Gasteiger partial charge in [-0.05, 0) is 39.0 Å². The minimum Gasteiger partial charge on any atom is -0.365 e. The summed E-state index contributed by atoms with van der Waals surface area (Å²) in [6, 6.07) is 0. The van der Waals surface area contributed by atoms with Crippen LogP contribution in [-0.4, -0.2) is 29.6 Å². The van der Waals surface area contributed by atoms with E-state index in [-0.39, 0.29) is 17.2 Å². The predicted octanol–water partition coefficient (Wildman–Crippen LogP) is 4.42. The number of carbonyl (C=O) groups excluding carboxylic acids is 1. The van der Waals surface area contributed by atoms with Crippen molar-refractivity contribution in [1.29, 1.82) is 0 Å². The smallest absolute Gasteiger partial charge is 0.252 e. The largest absolute Gasteiger partial charge is 0.365 e. The zero-order valence-electron chi connectivity index (χ0n) is 16.9. The third kappa shape index (κ3) is 4.42. The van der Waals surface area contributed by atoms with Gasteiger partial charge in [0.2, 0.25) is 0 Å². The van der Waals surface area contributed by atoms with Gasteiger partial charge < -0.3 is 10.2 Å². The van der Waals surface area contributed by atoms with Crippen molar-refractivity contribution < 1.29 is 4.79 Å². The van der Waals surface area contributed by atoms with E-state index in [0.29, 0.717) is 6.54 Å². The Morgan fingerprint density at radius 3 is 2.60 bits per heavy atom. The average Bonchev–Trinajstić information content (AvgIpc) is 2.96. The number of nitrogens with zero attached hydrogens (tertiary/aromatic N) is 2. The van der Waals surface area contributed by atoms with Crippen molar-refractivity contribution in [3.63, 3.8) is 0 Å². The lowest BCUT2D eigenvalue weighted by atomic mass is 9.79. The third-order valence-electron chi connectivity index (χ3n) is 4.87. The molecular formula is C21H33N3O. The highest BCUT2D eigenvalue weighted by molar-refractivity contribution is 6.06. The first kappa shape index (κ1) is 19.5. The van der Waals surface area contributed by atoms with Crippen LogP contribution in [0.2, 0.25) is 0 Å². The molecule has 138 valence electrons. The van der Waals surface area contributed by atoms with Crippen LogP contribution in [0.4, 0.5) is 0 Å². The standard InChI is InChI=1S/C21H33N3O/c1-8-16-17(12-23-19(16)21(5,6)7)20(25)24-10-9-18(15(4)13-24)22-11-14(2)3/h11-12,16,22H,8-10,13H2,1-7H3. The van der Waals surface area contributed by atoms with Crippen LogP contribution >= 0.6 is 0 Å². The molecule has 0 saturated heterocycles. The van der Waals surface area contributed by atoms with Gasteiger partial charge in [-0.2, -0.15) is 0 Å². The van der Waals surface area contributed by atoms with Crippen molar-refractivity contribution in [3.05, 3.63) is 34.8 Å². The fraction of sp³-hybridized carbons (Fsp3) is 0.619. The Balaban J connectivity index is 2.09. The Kier molecular flexibility index (Phi) is 5.91. The van der Waals surface area contributed by atoms with E-state index in [0.717, 1.165) is 30.7 Å². The zero-order valence-corrected chi connectivity index (χ0v) is 16.9. The molecule has 0 bridgehead atoms. The van der Waals surface area contributed by atoms with Crippen molar-refractivity contribution in [3.8, 4) is 0 Å². The maximum Gasteiger partial charge on any atom is 0.252 e. The molecule has 1 amide bonds. The molecule has 4 heteroatoms. The molecule has 4 nitrogen and oxygen atoms in total. The quantitative estimate of drug-likeness (QED) is 0.821. The Morgan fingerprint density at radius 1 is 1.40 bits per heavy atom. The minimum atomic E-state index is -0.00163. The number of allylic oxidation sites excluding steroid dienone is 1. The monoisotopic (exact) mass is 343 g/mol. The summed E-state index contributed by atoms with van der Waals surface area (Å²) in [5.74, 6) is 0.303. The highest BCUT2D eigenvalue weighted by Gasteiger charge is 2.36. The molecule has 0 radical (unpaired) electrons. The number of hydrogen-bond donors (Lipinski definition) is 1. The van der Waals surface area contributed by atoms with Gasteiger partial charge >= 0.3 is 0 Å². The zero-order chi connectivity index (χ0) is 18.8. The van der Waals surface area contributed by atoms with Crippen LogP contribution in [0.3, 0.4) is 0 Å². The van der Waals surface area contributed by atoms with Crippen molar-refractivity contribution in [2.24, 2.45) is 16.3 Å². The second kappa shape index (κ2) is 7.59. The molecule has 0 fully saturated rings.